The Kier molecular flexibility index (Phi) is 6.06. The highest BCUT2D eigenvalue weighted by Gasteiger charge is 2.22. The molecule has 1 N–H and O–H groups in total. The van der Waals surface area contributed by atoms with Crippen LogP contribution >= 0.6 is 23.2 Å². The number of nitro groups is 1. The average Bonchev–Trinajstić information content (AvgIpc) is 2.56. The van der Waals surface area contributed by atoms with Crippen LogP contribution in [0.3, 0.4) is 0 Å². The Labute approximate surface area is 153 Å². The zero-order valence-electron chi connectivity index (χ0n) is 13.3. The first-order chi connectivity index (χ1) is 11.8. The van der Waals surface area contributed by atoms with Crippen molar-refractivity contribution in [1.29, 1.82) is 0 Å². The molecular formula is C16H14Cl2N2O5. The van der Waals surface area contributed by atoms with Crippen molar-refractivity contribution in [2.24, 2.45) is 0 Å². The van der Waals surface area contributed by atoms with Crippen LogP contribution in [0.4, 0.5) is 11.4 Å². The number of nitrogens with one attached hydrogen (secondary N) is 1. The van der Waals surface area contributed by atoms with E-state index in [4.69, 9.17) is 32.7 Å². The van der Waals surface area contributed by atoms with Crippen molar-refractivity contribution in [2.75, 3.05) is 12.4 Å². The van der Waals surface area contributed by atoms with Crippen LogP contribution < -0.4 is 14.8 Å². The van der Waals surface area contributed by atoms with Gasteiger partial charge >= 0.3 is 5.69 Å². The predicted octanol–water partition coefficient (Wildman–Crippen LogP) is 4.32. The zero-order valence-corrected chi connectivity index (χ0v) is 14.8. The number of ether oxygens (including phenoxy) is 2. The number of nitro benzene ring substituents is 1. The molecule has 0 aliphatic rings. The minimum Gasteiger partial charge on any atom is -0.495 e. The lowest BCUT2D eigenvalue weighted by molar-refractivity contribution is -0.386. The summed E-state index contributed by atoms with van der Waals surface area (Å²) in [4.78, 5) is 22.8. The van der Waals surface area contributed by atoms with Crippen LogP contribution in [0.15, 0.2) is 36.4 Å². The molecule has 25 heavy (non-hydrogen) atoms. The molecule has 0 fully saturated rings. The molecule has 0 radical (unpaired) electrons. The number of carbonyl (C=O) groups is 1. The Morgan fingerprint density at radius 3 is 2.36 bits per heavy atom. The molecule has 9 heteroatoms. The molecule has 0 aromatic heterocycles. The summed E-state index contributed by atoms with van der Waals surface area (Å²) < 4.78 is 10.6. The van der Waals surface area contributed by atoms with Crippen LogP contribution in [-0.4, -0.2) is 24.0 Å². The lowest BCUT2D eigenvalue weighted by Gasteiger charge is -2.16. The highest BCUT2D eigenvalue weighted by atomic mass is 35.5. The van der Waals surface area contributed by atoms with Crippen molar-refractivity contribution >= 4 is 40.5 Å². The van der Waals surface area contributed by atoms with Gasteiger partial charge in [-0.25, -0.2) is 0 Å². The summed E-state index contributed by atoms with van der Waals surface area (Å²) in [6.07, 6.45) is -1.01. The average molecular weight is 385 g/mol. The number of halogens is 2. The molecule has 0 saturated heterocycles. The van der Waals surface area contributed by atoms with Gasteiger partial charge in [0, 0.05) is 16.1 Å². The van der Waals surface area contributed by atoms with E-state index in [-0.39, 0.29) is 16.5 Å². The van der Waals surface area contributed by atoms with Crippen molar-refractivity contribution in [2.45, 2.75) is 13.0 Å². The van der Waals surface area contributed by atoms with E-state index in [0.717, 1.165) is 6.07 Å². The van der Waals surface area contributed by atoms with Gasteiger partial charge in [-0.05, 0) is 37.3 Å². The maximum atomic E-state index is 12.3. The molecule has 2 rings (SSSR count). The molecule has 0 saturated carbocycles. The monoisotopic (exact) mass is 384 g/mol. The van der Waals surface area contributed by atoms with E-state index in [9.17, 15) is 14.9 Å². The molecule has 0 aliphatic carbocycles. The number of amides is 1. The zero-order chi connectivity index (χ0) is 18.6. The van der Waals surface area contributed by atoms with Gasteiger partial charge in [-0.15, -0.1) is 0 Å². The van der Waals surface area contributed by atoms with Gasteiger partial charge in [-0.2, -0.15) is 0 Å². The number of rotatable bonds is 6. The second-order valence-electron chi connectivity index (χ2n) is 4.96. The number of benzene rings is 2. The quantitative estimate of drug-likeness (QED) is 0.591. The minimum atomic E-state index is -1.01. The molecule has 7 nitrogen and oxygen atoms in total. The lowest BCUT2D eigenvalue weighted by atomic mass is 10.2. The number of methoxy groups -OCH3 is 1. The SMILES string of the molecule is COc1ccc(Cl)cc1NC(=O)[C@@H](C)Oc1ccc(Cl)cc1[N+](=O)[O-]. The van der Waals surface area contributed by atoms with Crippen molar-refractivity contribution in [1.82, 2.24) is 0 Å². The number of hydrogen-bond donors (Lipinski definition) is 1. The third kappa shape index (κ3) is 4.74. The maximum absolute atomic E-state index is 12.3. The Morgan fingerprint density at radius 2 is 1.76 bits per heavy atom. The second kappa shape index (κ2) is 8.04. The van der Waals surface area contributed by atoms with Crippen LogP contribution in [0.5, 0.6) is 11.5 Å². The number of hydrogen-bond acceptors (Lipinski definition) is 5. The fraction of sp³-hybridized carbons (Fsp3) is 0.188. The van der Waals surface area contributed by atoms with Gasteiger partial charge in [0.25, 0.3) is 5.91 Å². The maximum Gasteiger partial charge on any atom is 0.312 e. The highest BCUT2D eigenvalue weighted by Crippen LogP contribution is 2.31. The topological polar surface area (TPSA) is 90.7 Å². The summed E-state index contributed by atoms with van der Waals surface area (Å²) >= 11 is 11.7. The van der Waals surface area contributed by atoms with Gasteiger partial charge in [-0.1, -0.05) is 23.2 Å². The van der Waals surface area contributed by atoms with E-state index in [1.807, 2.05) is 0 Å². The van der Waals surface area contributed by atoms with Crippen LogP contribution in [0.1, 0.15) is 6.92 Å². The van der Waals surface area contributed by atoms with Crippen molar-refractivity contribution in [3.8, 4) is 11.5 Å². The molecule has 0 heterocycles. The summed E-state index contributed by atoms with van der Waals surface area (Å²) in [5.41, 5.74) is 0.0357. The lowest BCUT2D eigenvalue weighted by Crippen LogP contribution is -2.30. The first kappa shape index (κ1) is 18.8. The number of anilines is 1. The van der Waals surface area contributed by atoms with E-state index in [0.29, 0.717) is 16.5 Å². The highest BCUT2D eigenvalue weighted by molar-refractivity contribution is 6.31. The minimum absolute atomic E-state index is 0.0601. The Bertz CT molecular complexity index is 813. The first-order valence-electron chi connectivity index (χ1n) is 7.07. The summed E-state index contributed by atoms with van der Waals surface area (Å²) in [6.45, 7) is 1.46. The van der Waals surface area contributed by atoms with Crippen molar-refractivity contribution < 1.29 is 19.2 Å². The van der Waals surface area contributed by atoms with Gasteiger partial charge in [-0.3, -0.25) is 14.9 Å². The van der Waals surface area contributed by atoms with Gasteiger partial charge < -0.3 is 14.8 Å². The smallest absolute Gasteiger partial charge is 0.312 e. The Balaban J connectivity index is 2.17. The van der Waals surface area contributed by atoms with Crippen molar-refractivity contribution in [3.63, 3.8) is 0 Å². The molecule has 2 aromatic rings. The Morgan fingerprint density at radius 1 is 1.16 bits per heavy atom. The summed E-state index contributed by atoms with van der Waals surface area (Å²) in [5.74, 6) is -0.164. The molecule has 0 bridgehead atoms. The van der Waals surface area contributed by atoms with E-state index < -0.39 is 16.9 Å². The number of nitrogens with zero attached hydrogens (tertiary/aromatic N) is 1. The van der Waals surface area contributed by atoms with E-state index in [2.05, 4.69) is 5.32 Å². The molecule has 132 valence electrons. The van der Waals surface area contributed by atoms with Crippen molar-refractivity contribution in [3.05, 3.63) is 56.6 Å². The molecule has 0 aliphatic heterocycles. The predicted molar refractivity (Wildman–Crippen MR) is 94.8 cm³/mol. The fourth-order valence-electron chi connectivity index (χ4n) is 1.99. The first-order valence-corrected chi connectivity index (χ1v) is 7.82. The second-order valence-corrected chi connectivity index (χ2v) is 5.84. The third-order valence-electron chi connectivity index (χ3n) is 3.21. The van der Waals surface area contributed by atoms with Gasteiger partial charge in [0.05, 0.1) is 17.7 Å². The van der Waals surface area contributed by atoms with E-state index >= 15 is 0 Å². The Hall–Kier alpha value is -2.51. The molecule has 0 unspecified atom stereocenters. The van der Waals surface area contributed by atoms with Crippen LogP contribution in [0.2, 0.25) is 10.0 Å². The van der Waals surface area contributed by atoms with Gasteiger partial charge in [0.2, 0.25) is 0 Å². The number of carbonyl (C=O) groups excluding carboxylic acids is 1. The summed E-state index contributed by atoms with van der Waals surface area (Å²) in [6, 6.07) is 8.68. The molecule has 1 amide bonds. The third-order valence-corrected chi connectivity index (χ3v) is 3.68. The van der Waals surface area contributed by atoms with E-state index in [1.54, 1.807) is 12.1 Å². The molecule has 1 atom stereocenters. The molecule has 0 spiro atoms. The largest absolute Gasteiger partial charge is 0.495 e. The normalized spacial score (nSPS) is 11.5. The van der Waals surface area contributed by atoms with Crippen LogP contribution in [0, 0.1) is 10.1 Å². The standard InChI is InChI=1S/C16H14Cl2N2O5/c1-9(25-15-6-4-11(18)8-13(15)20(22)23)16(21)19-12-7-10(17)3-5-14(12)24-2/h3-9H,1-2H3,(H,19,21)/t9-/m1/s1. The van der Waals surface area contributed by atoms with Crippen LogP contribution in [-0.2, 0) is 4.79 Å². The molecular weight excluding hydrogens is 371 g/mol. The summed E-state index contributed by atoms with van der Waals surface area (Å²) in [5, 5.41) is 14.3. The van der Waals surface area contributed by atoms with Gasteiger partial charge in [0.1, 0.15) is 5.75 Å². The van der Waals surface area contributed by atoms with Crippen LogP contribution in [0.25, 0.3) is 0 Å². The fourth-order valence-corrected chi connectivity index (χ4v) is 2.33. The molecule has 2 aromatic carbocycles. The summed E-state index contributed by atoms with van der Waals surface area (Å²) in [7, 11) is 1.45. The van der Waals surface area contributed by atoms with E-state index in [1.165, 1.54) is 32.2 Å². The van der Waals surface area contributed by atoms with Gasteiger partial charge in [0.15, 0.2) is 11.9 Å².